The summed E-state index contributed by atoms with van der Waals surface area (Å²) in [4.78, 5) is 17.8. The Hall–Kier alpha value is -1.43. The van der Waals surface area contributed by atoms with Crippen molar-refractivity contribution in [3.63, 3.8) is 0 Å². The number of carboxylic acid groups (broad SMARTS) is 1. The molecule has 0 bridgehead atoms. The van der Waals surface area contributed by atoms with Crippen molar-refractivity contribution >= 4 is 5.97 Å². The topological polar surface area (TPSA) is 79.5 Å². The molecule has 6 nitrogen and oxygen atoms in total. The Morgan fingerprint density at radius 3 is 2.65 bits per heavy atom. The number of hydrogen-bond acceptors (Lipinski definition) is 5. The zero-order chi connectivity index (χ0) is 14.8. The molecule has 2 rings (SSSR count). The van der Waals surface area contributed by atoms with E-state index < -0.39 is 11.4 Å². The Morgan fingerprint density at radius 2 is 2.10 bits per heavy atom. The lowest BCUT2D eigenvalue weighted by Gasteiger charge is -2.35. The Kier molecular flexibility index (Phi) is 4.42. The normalized spacial score (nSPS) is 19.4. The van der Waals surface area contributed by atoms with Gasteiger partial charge in [0.25, 0.3) is 0 Å². The third-order valence-corrected chi connectivity index (χ3v) is 3.93. The summed E-state index contributed by atoms with van der Waals surface area (Å²) in [6, 6.07) is 0. The van der Waals surface area contributed by atoms with Gasteiger partial charge in [-0.15, -0.1) is 0 Å². The van der Waals surface area contributed by atoms with Crippen molar-refractivity contribution in [1.82, 2.24) is 15.0 Å². The van der Waals surface area contributed by atoms with E-state index in [-0.39, 0.29) is 0 Å². The Morgan fingerprint density at radius 1 is 1.45 bits per heavy atom. The first kappa shape index (κ1) is 15.0. The predicted octanol–water partition coefficient (Wildman–Crippen LogP) is 1.95. The molecule has 1 aromatic heterocycles. The summed E-state index contributed by atoms with van der Waals surface area (Å²) in [5, 5.41) is 13.2. The van der Waals surface area contributed by atoms with Gasteiger partial charge in [0.1, 0.15) is 0 Å². The van der Waals surface area contributed by atoms with Crippen LogP contribution in [0.5, 0.6) is 0 Å². The summed E-state index contributed by atoms with van der Waals surface area (Å²) in [6.07, 6.45) is 2.13. The molecule has 0 spiro atoms. The summed E-state index contributed by atoms with van der Waals surface area (Å²) in [5.74, 6) is 1.17. The molecule has 0 radical (unpaired) electrons. The highest BCUT2D eigenvalue weighted by Gasteiger charge is 2.36. The van der Waals surface area contributed by atoms with Gasteiger partial charge >= 0.3 is 5.97 Å². The lowest BCUT2D eigenvalue weighted by Crippen LogP contribution is -2.42. The van der Waals surface area contributed by atoms with Gasteiger partial charge < -0.3 is 9.63 Å². The largest absolute Gasteiger partial charge is 0.481 e. The van der Waals surface area contributed by atoms with E-state index in [0.717, 1.165) is 19.5 Å². The molecule has 1 saturated heterocycles. The van der Waals surface area contributed by atoms with Crippen molar-refractivity contribution in [3.05, 3.63) is 11.7 Å². The number of aromatic nitrogens is 2. The maximum atomic E-state index is 11.2. The van der Waals surface area contributed by atoms with Crippen LogP contribution in [0, 0.1) is 11.3 Å². The quantitative estimate of drug-likeness (QED) is 0.888. The van der Waals surface area contributed by atoms with Crippen molar-refractivity contribution in [1.29, 1.82) is 0 Å². The molecule has 6 heteroatoms. The van der Waals surface area contributed by atoms with Crippen LogP contribution in [0.4, 0.5) is 0 Å². The molecule has 0 aromatic carbocycles. The fourth-order valence-electron chi connectivity index (χ4n) is 2.41. The first-order valence-electron chi connectivity index (χ1n) is 7.16. The molecular weight excluding hydrogens is 258 g/mol. The van der Waals surface area contributed by atoms with Crippen molar-refractivity contribution in [2.45, 2.75) is 46.6 Å². The SMILES string of the molecule is CC(C)Cc1nc(CN2CCC(C)(C(=O)O)CC2)no1. The van der Waals surface area contributed by atoms with Crippen LogP contribution in [0.2, 0.25) is 0 Å². The first-order valence-corrected chi connectivity index (χ1v) is 7.16. The maximum absolute atomic E-state index is 11.2. The van der Waals surface area contributed by atoms with Crippen LogP contribution in [0.3, 0.4) is 0 Å². The molecule has 2 heterocycles. The van der Waals surface area contributed by atoms with Gasteiger partial charge in [0.05, 0.1) is 12.0 Å². The number of aliphatic carboxylic acids is 1. The van der Waals surface area contributed by atoms with Gasteiger partial charge in [0, 0.05) is 6.42 Å². The highest BCUT2D eigenvalue weighted by molar-refractivity contribution is 5.74. The third-order valence-electron chi connectivity index (χ3n) is 3.93. The van der Waals surface area contributed by atoms with Crippen molar-refractivity contribution in [2.24, 2.45) is 11.3 Å². The van der Waals surface area contributed by atoms with E-state index in [4.69, 9.17) is 4.52 Å². The molecule has 0 amide bonds. The van der Waals surface area contributed by atoms with Gasteiger partial charge in [0.2, 0.25) is 5.89 Å². The lowest BCUT2D eigenvalue weighted by molar-refractivity contribution is -0.150. The van der Waals surface area contributed by atoms with Gasteiger partial charge in [-0.2, -0.15) is 4.98 Å². The van der Waals surface area contributed by atoms with Crippen LogP contribution < -0.4 is 0 Å². The summed E-state index contributed by atoms with van der Waals surface area (Å²) < 4.78 is 5.21. The number of carboxylic acids is 1. The van der Waals surface area contributed by atoms with E-state index >= 15 is 0 Å². The molecule has 1 aromatic rings. The van der Waals surface area contributed by atoms with Crippen LogP contribution in [-0.4, -0.2) is 39.2 Å². The van der Waals surface area contributed by atoms with E-state index in [2.05, 4.69) is 28.9 Å². The lowest BCUT2D eigenvalue weighted by atomic mass is 9.80. The van der Waals surface area contributed by atoms with Crippen LogP contribution >= 0.6 is 0 Å². The number of rotatable bonds is 5. The number of nitrogens with zero attached hydrogens (tertiary/aromatic N) is 3. The molecule has 1 N–H and O–H groups in total. The highest BCUT2D eigenvalue weighted by Crippen LogP contribution is 2.31. The van der Waals surface area contributed by atoms with E-state index in [1.807, 2.05) is 6.92 Å². The second kappa shape index (κ2) is 5.91. The molecule has 1 aliphatic heterocycles. The summed E-state index contributed by atoms with van der Waals surface area (Å²) >= 11 is 0. The molecule has 0 unspecified atom stereocenters. The zero-order valence-corrected chi connectivity index (χ0v) is 12.4. The average molecular weight is 281 g/mol. The van der Waals surface area contributed by atoms with E-state index in [9.17, 15) is 9.90 Å². The van der Waals surface area contributed by atoms with Crippen molar-refractivity contribution < 1.29 is 14.4 Å². The zero-order valence-electron chi connectivity index (χ0n) is 12.4. The van der Waals surface area contributed by atoms with Crippen molar-refractivity contribution in [3.8, 4) is 0 Å². The minimum atomic E-state index is -0.698. The van der Waals surface area contributed by atoms with E-state index in [1.165, 1.54) is 0 Å². The smallest absolute Gasteiger partial charge is 0.309 e. The monoisotopic (exact) mass is 281 g/mol. The minimum Gasteiger partial charge on any atom is -0.481 e. The standard InChI is InChI=1S/C14H23N3O3/c1-10(2)8-12-15-11(16-20-12)9-17-6-4-14(3,5-7-17)13(18)19/h10H,4-9H2,1-3H3,(H,18,19). The summed E-state index contributed by atoms with van der Waals surface area (Å²) in [5.41, 5.74) is -0.587. The Labute approximate surface area is 119 Å². The van der Waals surface area contributed by atoms with Crippen molar-refractivity contribution in [2.75, 3.05) is 13.1 Å². The van der Waals surface area contributed by atoms with Crippen LogP contribution in [0.15, 0.2) is 4.52 Å². The molecule has 112 valence electrons. The Balaban J connectivity index is 1.86. The molecule has 0 aliphatic carbocycles. The van der Waals surface area contributed by atoms with Crippen LogP contribution in [0.1, 0.15) is 45.3 Å². The Bertz CT molecular complexity index is 462. The number of piperidine rings is 1. The fraction of sp³-hybridized carbons (Fsp3) is 0.786. The third kappa shape index (κ3) is 3.56. The molecule has 20 heavy (non-hydrogen) atoms. The van der Waals surface area contributed by atoms with Gasteiger partial charge in [-0.1, -0.05) is 19.0 Å². The minimum absolute atomic E-state index is 0.495. The van der Waals surface area contributed by atoms with Crippen LogP contribution in [0.25, 0.3) is 0 Å². The van der Waals surface area contributed by atoms with Gasteiger partial charge in [0.15, 0.2) is 5.82 Å². The molecule has 1 aliphatic rings. The highest BCUT2D eigenvalue weighted by atomic mass is 16.5. The van der Waals surface area contributed by atoms with Gasteiger partial charge in [-0.3, -0.25) is 9.69 Å². The van der Waals surface area contributed by atoms with Gasteiger partial charge in [-0.05, 0) is 38.8 Å². The predicted molar refractivity (Wildman–Crippen MR) is 73.1 cm³/mol. The number of hydrogen-bond donors (Lipinski definition) is 1. The fourth-order valence-corrected chi connectivity index (χ4v) is 2.41. The molecular formula is C14H23N3O3. The molecule has 1 fully saturated rings. The first-order chi connectivity index (χ1) is 9.39. The second-order valence-corrected chi connectivity index (χ2v) is 6.34. The van der Waals surface area contributed by atoms with E-state index in [1.54, 1.807) is 0 Å². The van der Waals surface area contributed by atoms with E-state index in [0.29, 0.717) is 37.0 Å². The number of likely N-dealkylation sites (tertiary alicyclic amines) is 1. The maximum Gasteiger partial charge on any atom is 0.309 e. The summed E-state index contributed by atoms with van der Waals surface area (Å²) in [7, 11) is 0. The average Bonchev–Trinajstić information content (AvgIpc) is 2.78. The molecule has 0 saturated carbocycles. The second-order valence-electron chi connectivity index (χ2n) is 6.34. The van der Waals surface area contributed by atoms with Gasteiger partial charge in [-0.25, -0.2) is 0 Å². The molecule has 0 atom stereocenters. The summed E-state index contributed by atoms with van der Waals surface area (Å²) in [6.45, 7) is 8.20. The number of carbonyl (C=O) groups is 1. The van der Waals surface area contributed by atoms with Crippen LogP contribution in [-0.2, 0) is 17.8 Å².